The maximum absolute atomic E-state index is 12.1. The van der Waals surface area contributed by atoms with Crippen molar-refractivity contribution in [3.63, 3.8) is 0 Å². The lowest BCUT2D eigenvalue weighted by molar-refractivity contribution is -0.136. The first kappa shape index (κ1) is 16.5. The van der Waals surface area contributed by atoms with Gasteiger partial charge in [-0.3, -0.25) is 4.79 Å². The smallest absolute Gasteiger partial charge is 0.331 e. The largest absolute Gasteiger partial charge is 0.496 e. The van der Waals surface area contributed by atoms with Crippen LogP contribution in [0.3, 0.4) is 0 Å². The fourth-order valence-electron chi connectivity index (χ4n) is 2.08. The minimum atomic E-state index is -0.560. The summed E-state index contributed by atoms with van der Waals surface area (Å²) in [5.41, 5.74) is 2.40. The Hall–Kier alpha value is -2.88. The Morgan fingerprint density at radius 1 is 1.09 bits per heavy atom. The topological polar surface area (TPSA) is 52.6 Å². The van der Waals surface area contributed by atoms with Gasteiger partial charge in [-0.05, 0) is 30.7 Å². The third kappa shape index (κ3) is 4.81. The van der Waals surface area contributed by atoms with Crippen molar-refractivity contribution in [3.05, 3.63) is 71.3 Å². The van der Waals surface area contributed by atoms with Crippen LogP contribution >= 0.6 is 0 Å². The molecule has 23 heavy (non-hydrogen) atoms. The van der Waals surface area contributed by atoms with Gasteiger partial charge in [0.15, 0.2) is 6.61 Å². The van der Waals surface area contributed by atoms with E-state index < -0.39 is 5.97 Å². The van der Waals surface area contributed by atoms with Gasteiger partial charge in [-0.2, -0.15) is 0 Å². The Labute approximate surface area is 135 Å². The molecule has 2 aromatic carbocycles. The van der Waals surface area contributed by atoms with Crippen molar-refractivity contribution >= 4 is 17.8 Å². The first-order valence-corrected chi connectivity index (χ1v) is 7.18. The molecule has 0 spiro atoms. The lowest BCUT2D eigenvalue weighted by Gasteiger charge is -2.07. The van der Waals surface area contributed by atoms with Gasteiger partial charge in [0.25, 0.3) is 0 Å². The van der Waals surface area contributed by atoms with E-state index in [0.29, 0.717) is 11.3 Å². The highest BCUT2D eigenvalue weighted by atomic mass is 16.5. The van der Waals surface area contributed by atoms with Crippen LogP contribution in [0.5, 0.6) is 5.75 Å². The normalized spacial score (nSPS) is 10.5. The molecule has 0 aliphatic rings. The zero-order chi connectivity index (χ0) is 16.7. The predicted molar refractivity (Wildman–Crippen MR) is 88.5 cm³/mol. The van der Waals surface area contributed by atoms with E-state index in [1.807, 2.05) is 31.2 Å². The molecule has 4 heteroatoms. The van der Waals surface area contributed by atoms with E-state index in [4.69, 9.17) is 9.47 Å². The average Bonchev–Trinajstić information content (AvgIpc) is 2.57. The van der Waals surface area contributed by atoms with Crippen molar-refractivity contribution in [2.45, 2.75) is 6.92 Å². The Morgan fingerprint density at radius 3 is 2.61 bits per heavy atom. The highest BCUT2D eigenvalue weighted by molar-refractivity contribution is 6.01. The minimum absolute atomic E-state index is 0.306. The molecule has 118 valence electrons. The first-order valence-electron chi connectivity index (χ1n) is 7.18. The summed E-state index contributed by atoms with van der Waals surface area (Å²) in [6.45, 7) is 1.65. The van der Waals surface area contributed by atoms with Gasteiger partial charge in [-0.25, -0.2) is 4.79 Å². The van der Waals surface area contributed by atoms with Crippen LogP contribution in [0.1, 0.15) is 21.5 Å². The number of carbonyl (C=O) groups excluding carboxylic acids is 2. The van der Waals surface area contributed by atoms with Gasteiger partial charge in [-0.15, -0.1) is 0 Å². The van der Waals surface area contributed by atoms with E-state index in [9.17, 15) is 9.59 Å². The van der Waals surface area contributed by atoms with Crippen molar-refractivity contribution in [2.24, 2.45) is 0 Å². The van der Waals surface area contributed by atoms with Crippen LogP contribution in [0.15, 0.2) is 54.6 Å². The Kier molecular flexibility index (Phi) is 5.69. The number of methoxy groups -OCH3 is 1. The number of aryl methyl sites for hydroxylation is 1. The number of Topliss-reactive ketones (excluding diaryl/α,β-unsaturated/α-hetero) is 1. The van der Waals surface area contributed by atoms with Crippen LogP contribution in [0.2, 0.25) is 0 Å². The van der Waals surface area contributed by atoms with E-state index >= 15 is 0 Å². The number of rotatable bonds is 6. The van der Waals surface area contributed by atoms with Crippen LogP contribution in [-0.2, 0) is 9.53 Å². The van der Waals surface area contributed by atoms with E-state index in [1.165, 1.54) is 13.2 Å². The molecule has 2 rings (SSSR count). The molecule has 0 fully saturated rings. The summed E-state index contributed by atoms with van der Waals surface area (Å²) in [5.74, 6) is -0.404. The number of esters is 1. The summed E-state index contributed by atoms with van der Waals surface area (Å²) >= 11 is 0. The summed E-state index contributed by atoms with van der Waals surface area (Å²) in [5, 5.41) is 0. The van der Waals surface area contributed by atoms with Gasteiger partial charge >= 0.3 is 5.97 Å². The lowest BCUT2D eigenvalue weighted by atomic mass is 10.1. The van der Waals surface area contributed by atoms with Crippen LogP contribution in [0.25, 0.3) is 6.08 Å². The number of ether oxygens (including phenoxy) is 2. The van der Waals surface area contributed by atoms with Crippen molar-refractivity contribution < 1.29 is 19.1 Å². The average molecular weight is 310 g/mol. The summed E-state index contributed by atoms with van der Waals surface area (Å²) in [6.07, 6.45) is 2.97. The van der Waals surface area contributed by atoms with Gasteiger partial charge in [0.2, 0.25) is 5.78 Å². The number of benzene rings is 2. The number of hydrogen-bond donors (Lipinski definition) is 0. The Morgan fingerprint density at radius 2 is 1.87 bits per heavy atom. The van der Waals surface area contributed by atoms with Gasteiger partial charge in [0.05, 0.1) is 12.7 Å². The van der Waals surface area contributed by atoms with E-state index in [0.717, 1.165) is 11.1 Å². The van der Waals surface area contributed by atoms with E-state index in [-0.39, 0.29) is 12.4 Å². The second-order valence-corrected chi connectivity index (χ2v) is 4.98. The monoisotopic (exact) mass is 310 g/mol. The SMILES string of the molecule is COc1ccccc1C(=O)COC(=O)/C=C/c1cccc(C)c1. The van der Waals surface area contributed by atoms with E-state index in [2.05, 4.69) is 0 Å². The number of para-hydroxylation sites is 1. The first-order chi connectivity index (χ1) is 11.1. The zero-order valence-electron chi connectivity index (χ0n) is 13.1. The molecule has 0 amide bonds. The maximum atomic E-state index is 12.1. The van der Waals surface area contributed by atoms with Crippen LogP contribution < -0.4 is 4.74 Å². The number of carbonyl (C=O) groups is 2. The molecule has 0 bridgehead atoms. The second-order valence-electron chi connectivity index (χ2n) is 4.98. The molecule has 0 saturated heterocycles. The van der Waals surface area contributed by atoms with Gasteiger partial charge in [0.1, 0.15) is 5.75 Å². The molecule has 0 aromatic heterocycles. The zero-order valence-corrected chi connectivity index (χ0v) is 13.1. The summed E-state index contributed by atoms with van der Waals surface area (Å²) in [6, 6.07) is 14.5. The molecule has 0 heterocycles. The fourth-order valence-corrected chi connectivity index (χ4v) is 2.08. The minimum Gasteiger partial charge on any atom is -0.496 e. The quantitative estimate of drug-likeness (QED) is 0.466. The Balaban J connectivity index is 1.92. The molecule has 0 aliphatic heterocycles. The summed E-state index contributed by atoms with van der Waals surface area (Å²) in [4.78, 5) is 23.8. The van der Waals surface area contributed by atoms with Crippen LogP contribution in [-0.4, -0.2) is 25.5 Å². The third-order valence-electron chi connectivity index (χ3n) is 3.21. The number of ketones is 1. The molecular weight excluding hydrogens is 292 g/mol. The third-order valence-corrected chi connectivity index (χ3v) is 3.21. The standard InChI is InChI=1S/C19H18O4/c1-14-6-5-7-15(12-14)10-11-19(21)23-13-17(20)16-8-3-4-9-18(16)22-2/h3-12H,13H2,1-2H3/b11-10+. The molecule has 0 saturated carbocycles. The predicted octanol–water partition coefficient (Wildman–Crippen LogP) is 3.44. The lowest BCUT2D eigenvalue weighted by Crippen LogP contribution is -2.13. The number of hydrogen-bond acceptors (Lipinski definition) is 4. The fraction of sp³-hybridized carbons (Fsp3) is 0.158. The highest BCUT2D eigenvalue weighted by Crippen LogP contribution is 2.17. The van der Waals surface area contributed by atoms with Crippen molar-refractivity contribution in [3.8, 4) is 5.75 Å². The van der Waals surface area contributed by atoms with Crippen LogP contribution in [0, 0.1) is 6.92 Å². The molecule has 2 aromatic rings. The van der Waals surface area contributed by atoms with Crippen LogP contribution in [0.4, 0.5) is 0 Å². The molecule has 4 nitrogen and oxygen atoms in total. The van der Waals surface area contributed by atoms with Crippen molar-refractivity contribution in [1.29, 1.82) is 0 Å². The molecule has 0 atom stereocenters. The van der Waals surface area contributed by atoms with Gasteiger partial charge < -0.3 is 9.47 Å². The van der Waals surface area contributed by atoms with E-state index in [1.54, 1.807) is 30.3 Å². The molecule has 0 aliphatic carbocycles. The molecule has 0 unspecified atom stereocenters. The summed E-state index contributed by atoms with van der Waals surface area (Å²) < 4.78 is 10.1. The molecule has 0 radical (unpaired) electrons. The molecule has 0 N–H and O–H groups in total. The molecular formula is C19H18O4. The second kappa shape index (κ2) is 7.94. The highest BCUT2D eigenvalue weighted by Gasteiger charge is 2.13. The van der Waals surface area contributed by atoms with Gasteiger partial charge in [-0.1, -0.05) is 42.0 Å². The van der Waals surface area contributed by atoms with Gasteiger partial charge in [0, 0.05) is 6.08 Å². The van der Waals surface area contributed by atoms with Crippen molar-refractivity contribution in [1.82, 2.24) is 0 Å². The maximum Gasteiger partial charge on any atom is 0.331 e. The summed E-state index contributed by atoms with van der Waals surface area (Å²) in [7, 11) is 1.49. The van der Waals surface area contributed by atoms with Crippen molar-refractivity contribution in [2.75, 3.05) is 13.7 Å². The Bertz CT molecular complexity index is 732.